The fraction of sp³-hybridized carbons (Fsp3) is 0.200. The van der Waals surface area contributed by atoms with Gasteiger partial charge in [-0.1, -0.05) is 0 Å². The van der Waals surface area contributed by atoms with Crippen LogP contribution in [0, 0.1) is 20.8 Å². The Kier molecular flexibility index (Phi) is 5.58. The van der Waals surface area contributed by atoms with E-state index in [9.17, 15) is 9.59 Å². The first-order valence-corrected chi connectivity index (χ1v) is 10.2. The molecule has 0 aliphatic rings. The molecule has 0 fully saturated rings. The molecule has 0 saturated heterocycles. The number of aromatic nitrogens is 5. The highest BCUT2D eigenvalue weighted by molar-refractivity contribution is 7.14. The van der Waals surface area contributed by atoms with Crippen molar-refractivity contribution in [2.24, 2.45) is 0 Å². The number of nitrogens with one attached hydrogen (secondary N) is 2. The van der Waals surface area contributed by atoms with Gasteiger partial charge in [-0.3, -0.25) is 14.9 Å². The minimum Gasteiger partial charge on any atom is -0.459 e. The second kappa shape index (κ2) is 8.48. The predicted octanol–water partition coefficient (Wildman–Crippen LogP) is 3.07. The Balaban J connectivity index is 1.44. The average Bonchev–Trinajstić information content (AvgIpc) is 3.43. The van der Waals surface area contributed by atoms with E-state index in [-0.39, 0.29) is 18.1 Å². The first-order chi connectivity index (χ1) is 14.9. The SMILES string of the molecule is Cc1cc(C)nc(-n2nc(C)cc2NC(=O)Cc2csc(NC(=O)c3ccco3)n2)n1. The smallest absolute Gasteiger partial charge is 0.293 e. The molecular formula is C20H19N7O3S. The molecule has 158 valence electrons. The van der Waals surface area contributed by atoms with Crippen LogP contribution < -0.4 is 10.6 Å². The van der Waals surface area contributed by atoms with Gasteiger partial charge in [-0.15, -0.1) is 11.3 Å². The molecule has 11 heteroatoms. The summed E-state index contributed by atoms with van der Waals surface area (Å²) in [5.41, 5.74) is 2.86. The van der Waals surface area contributed by atoms with Crippen molar-refractivity contribution in [2.75, 3.05) is 10.6 Å². The Hall–Kier alpha value is -3.86. The molecule has 4 aromatic rings. The second-order valence-electron chi connectivity index (χ2n) is 6.83. The number of thiazole rings is 1. The number of rotatable bonds is 6. The topological polar surface area (TPSA) is 128 Å². The Bertz CT molecular complexity index is 1220. The van der Waals surface area contributed by atoms with Crippen molar-refractivity contribution in [3.8, 4) is 5.95 Å². The first kappa shape index (κ1) is 20.4. The van der Waals surface area contributed by atoms with Crippen LogP contribution in [0.3, 0.4) is 0 Å². The van der Waals surface area contributed by atoms with E-state index >= 15 is 0 Å². The lowest BCUT2D eigenvalue weighted by atomic mass is 10.3. The summed E-state index contributed by atoms with van der Waals surface area (Å²) in [6.07, 6.45) is 1.45. The van der Waals surface area contributed by atoms with E-state index < -0.39 is 5.91 Å². The van der Waals surface area contributed by atoms with E-state index in [1.807, 2.05) is 26.8 Å². The molecule has 0 saturated carbocycles. The number of hydrogen-bond acceptors (Lipinski definition) is 8. The fourth-order valence-electron chi connectivity index (χ4n) is 2.91. The van der Waals surface area contributed by atoms with Crippen LogP contribution in [0.5, 0.6) is 0 Å². The van der Waals surface area contributed by atoms with E-state index in [2.05, 4.69) is 30.7 Å². The molecule has 0 radical (unpaired) electrons. The number of anilines is 2. The number of carbonyl (C=O) groups excluding carboxylic acids is 2. The van der Waals surface area contributed by atoms with Crippen molar-refractivity contribution in [1.29, 1.82) is 0 Å². The fourth-order valence-corrected chi connectivity index (χ4v) is 3.61. The summed E-state index contributed by atoms with van der Waals surface area (Å²) in [4.78, 5) is 37.7. The molecule has 4 aromatic heterocycles. The molecule has 0 bridgehead atoms. The molecular weight excluding hydrogens is 418 g/mol. The molecule has 2 N–H and O–H groups in total. The normalized spacial score (nSPS) is 10.8. The first-order valence-electron chi connectivity index (χ1n) is 9.36. The van der Waals surface area contributed by atoms with E-state index in [1.54, 1.807) is 23.6 Å². The summed E-state index contributed by atoms with van der Waals surface area (Å²) in [5.74, 6) is 0.362. The summed E-state index contributed by atoms with van der Waals surface area (Å²) in [7, 11) is 0. The Morgan fingerprint density at radius 2 is 1.84 bits per heavy atom. The standard InChI is InChI=1S/C20H19N7O3S/c1-11-7-12(2)22-19(21-11)27-16(8-13(3)26-27)24-17(28)9-14-10-31-20(23-14)25-18(29)15-5-4-6-30-15/h4-8,10H,9H2,1-3H3,(H,24,28)(H,23,25,29). The molecule has 10 nitrogen and oxygen atoms in total. The third-order valence-electron chi connectivity index (χ3n) is 4.12. The van der Waals surface area contributed by atoms with Gasteiger partial charge in [0, 0.05) is 22.8 Å². The van der Waals surface area contributed by atoms with Gasteiger partial charge in [0.1, 0.15) is 5.82 Å². The molecule has 0 spiro atoms. The predicted molar refractivity (Wildman–Crippen MR) is 114 cm³/mol. The van der Waals surface area contributed by atoms with Gasteiger partial charge in [-0.25, -0.2) is 15.0 Å². The monoisotopic (exact) mass is 437 g/mol. The quantitative estimate of drug-likeness (QED) is 0.474. The van der Waals surface area contributed by atoms with Crippen molar-refractivity contribution in [1.82, 2.24) is 24.7 Å². The third kappa shape index (κ3) is 4.83. The van der Waals surface area contributed by atoms with Crippen molar-refractivity contribution in [3.63, 3.8) is 0 Å². The van der Waals surface area contributed by atoms with Crippen molar-refractivity contribution in [2.45, 2.75) is 27.2 Å². The van der Waals surface area contributed by atoms with Crippen molar-refractivity contribution >= 4 is 34.1 Å². The summed E-state index contributed by atoms with van der Waals surface area (Å²) >= 11 is 1.23. The average molecular weight is 437 g/mol. The lowest BCUT2D eigenvalue weighted by molar-refractivity contribution is -0.115. The van der Waals surface area contributed by atoms with Crippen LogP contribution in [-0.2, 0) is 11.2 Å². The minimum absolute atomic E-state index is 0.0328. The Morgan fingerprint density at radius 3 is 2.55 bits per heavy atom. The van der Waals surface area contributed by atoms with Crippen LogP contribution >= 0.6 is 11.3 Å². The van der Waals surface area contributed by atoms with Crippen molar-refractivity contribution in [3.05, 3.63) is 64.4 Å². The molecule has 0 aromatic carbocycles. The van der Waals surface area contributed by atoms with Crippen LogP contribution in [0.1, 0.15) is 33.3 Å². The zero-order chi connectivity index (χ0) is 22.0. The molecule has 0 atom stereocenters. The highest BCUT2D eigenvalue weighted by Crippen LogP contribution is 2.19. The molecule has 0 aliphatic carbocycles. The third-order valence-corrected chi connectivity index (χ3v) is 4.92. The molecule has 2 amide bonds. The zero-order valence-electron chi connectivity index (χ0n) is 17.0. The summed E-state index contributed by atoms with van der Waals surface area (Å²) in [6, 6.07) is 6.79. The molecule has 0 aliphatic heterocycles. The maximum absolute atomic E-state index is 12.6. The highest BCUT2D eigenvalue weighted by atomic mass is 32.1. The maximum atomic E-state index is 12.6. The lowest BCUT2D eigenvalue weighted by Crippen LogP contribution is -2.18. The van der Waals surface area contributed by atoms with Crippen molar-refractivity contribution < 1.29 is 14.0 Å². The van der Waals surface area contributed by atoms with Gasteiger partial charge in [0.25, 0.3) is 11.9 Å². The lowest BCUT2D eigenvalue weighted by Gasteiger charge is -2.08. The molecule has 0 unspecified atom stereocenters. The van der Waals surface area contributed by atoms with Gasteiger partial charge in [0.2, 0.25) is 5.91 Å². The van der Waals surface area contributed by atoms with Gasteiger partial charge < -0.3 is 9.73 Å². The molecule has 4 heterocycles. The number of nitrogens with zero attached hydrogens (tertiary/aromatic N) is 5. The minimum atomic E-state index is -0.400. The van der Waals surface area contributed by atoms with Crippen LogP contribution in [0.15, 0.2) is 40.3 Å². The molecule has 4 rings (SSSR count). The summed E-state index contributed by atoms with van der Waals surface area (Å²) in [5, 5.41) is 12.0. The van der Waals surface area contributed by atoms with E-state index in [0.29, 0.717) is 22.6 Å². The Labute approximate surface area is 181 Å². The summed E-state index contributed by atoms with van der Waals surface area (Å²) in [6.45, 7) is 5.57. The number of furan rings is 1. The van der Waals surface area contributed by atoms with Gasteiger partial charge in [0.05, 0.1) is 24.1 Å². The van der Waals surface area contributed by atoms with E-state index in [4.69, 9.17) is 4.42 Å². The zero-order valence-corrected chi connectivity index (χ0v) is 17.9. The van der Waals surface area contributed by atoms with Crippen LogP contribution in [0.4, 0.5) is 10.9 Å². The van der Waals surface area contributed by atoms with E-state index in [0.717, 1.165) is 17.1 Å². The number of aryl methyl sites for hydroxylation is 3. The van der Waals surface area contributed by atoms with Gasteiger partial charge in [-0.2, -0.15) is 9.78 Å². The largest absolute Gasteiger partial charge is 0.459 e. The number of carbonyl (C=O) groups is 2. The van der Waals surface area contributed by atoms with Gasteiger partial charge in [-0.05, 0) is 39.0 Å². The Morgan fingerprint density at radius 1 is 1.06 bits per heavy atom. The van der Waals surface area contributed by atoms with Crippen LogP contribution in [0.25, 0.3) is 5.95 Å². The van der Waals surface area contributed by atoms with Gasteiger partial charge >= 0.3 is 0 Å². The van der Waals surface area contributed by atoms with Crippen LogP contribution in [0.2, 0.25) is 0 Å². The van der Waals surface area contributed by atoms with E-state index in [1.165, 1.54) is 22.3 Å². The summed E-state index contributed by atoms with van der Waals surface area (Å²) < 4.78 is 6.56. The van der Waals surface area contributed by atoms with Gasteiger partial charge in [0.15, 0.2) is 10.9 Å². The second-order valence-corrected chi connectivity index (χ2v) is 7.69. The highest BCUT2D eigenvalue weighted by Gasteiger charge is 2.16. The van der Waals surface area contributed by atoms with Crippen LogP contribution in [-0.4, -0.2) is 36.5 Å². The molecule has 31 heavy (non-hydrogen) atoms. The maximum Gasteiger partial charge on any atom is 0.293 e. The number of amides is 2. The number of hydrogen-bond donors (Lipinski definition) is 2.